The van der Waals surface area contributed by atoms with Crippen molar-refractivity contribution in [3.05, 3.63) is 82.8 Å². The molecule has 4 aromatic rings. The second-order valence-corrected chi connectivity index (χ2v) is 7.46. The zero-order chi connectivity index (χ0) is 22.0. The molecule has 156 valence electrons. The predicted octanol–water partition coefficient (Wildman–Crippen LogP) is 4.69. The van der Waals surface area contributed by atoms with Gasteiger partial charge in [0, 0.05) is 49.5 Å². The Morgan fingerprint density at radius 1 is 1.03 bits per heavy atom. The molecule has 0 saturated carbocycles. The molecule has 0 unspecified atom stereocenters. The van der Waals surface area contributed by atoms with Gasteiger partial charge in [-0.15, -0.1) is 0 Å². The lowest BCUT2D eigenvalue weighted by atomic mass is 10.0. The van der Waals surface area contributed by atoms with Crippen LogP contribution >= 0.6 is 0 Å². The van der Waals surface area contributed by atoms with Crippen molar-refractivity contribution in [2.45, 2.75) is 6.42 Å². The van der Waals surface area contributed by atoms with Crippen molar-refractivity contribution < 1.29 is 14.6 Å². The normalized spacial score (nSPS) is 10.8. The summed E-state index contributed by atoms with van der Waals surface area (Å²) in [5, 5.41) is 0. The summed E-state index contributed by atoms with van der Waals surface area (Å²) in [6.07, 6.45) is 0.256. The zero-order valence-corrected chi connectivity index (χ0v) is 17.6. The van der Waals surface area contributed by atoms with Gasteiger partial charge in [0.1, 0.15) is 5.82 Å². The zero-order valence-electron chi connectivity index (χ0n) is 17.6. The molecule has 0 bridgehead atoms. The number of carbonyl (C=O) groups is 1. The summed E-state index contributed by atoms with van der Waals surface area (Å²) in [6.45, 7) is 0. The number of anilines is 1. The number of ketones is 1. The van der Waals surface area contributed by atoms with Crippen LogP contribution in [-0.2, 0) is 11.3 Å². The van der Waals surface area contributed by atoms with Gasteiger partial charge < -0.3 is 9.88 Å². The second-order valence-electron chi connectivity index (χ2n) is 7.46. The number of Topliss-reactive ketones (excluding diaryl/α,β-unsaturated/α-hetero) is 1. The Hall–Kier alpha value is -4.00. The number of rotatable bonds is 7. The van der Waals surface area contributed by atoms with E-state index in [1.54, 1.807) is 24.3 Å². The standard InChI is InChI=1S/C24H23N4O3/c1-27(2)19-9-7-18(8-10-19)24-25-21-13-4-16(14-22(21)26-24)15-23(29)17-5-11-20(12-6-17)28(30)31-3/h4-14H,15H2,1-3H3,(H,25,26)/q+1. The minimum absolute atomic E-state index is 0.0280. The topological polar surface area (TPSA) is 78.3 Å². The second kappa shape index (κ2) is 8.39. The number of nitrogens with zero attached hydrogens (tertiary/aromatic N) is 3. The van der Waals surface area contributed by atoms with E-state index in [2.05, 4.69) is 26.9 Å². The highest BCUT2D eigenvalue weighted by molar-refractivity contribution is 5.98. The van der Waals surface area contributed by atoms with Gasteiger partial charge in [0.15, 0.2) is 12.9 Å². The first-order chi connectivity index (χ1) is 14.9. The number of nitrogens with one attached hydrogen (secondary N) is 1. The van der Waals surface area contributed by atoms with Crippen molar-refractivity contribution in [1.82, 2.24) is 9.97 Å². The number of aromatic amines is 1. The number of carbonyl (C=O) groups excluding carboxylic acids is 1. The third-order valence-corrected chi connectivity index (χ3v) is 5.13. The first-order valence-electron chi connectivity index (χ1n) is 9.85. The van der Waals surface area contributed by atoms with Gasteiger partial charge in [-0.3, -0.25) is 4.79 Å². The number of H-pyrrole nitrogens is 1. The molecule has 31 heavy (non-hydrogen) atoms. The molecule has 4 rings (SSSR count). The van der Waals surface area contributed by atoms with Crippen LogP contribution in [0.3, 0.4) is 0 Å². The summed E-state index contributed by atoms with van der Waals surface area (Å²) in [5.74, 6) is 0.763. The largest absolute Gasteiger partial charge is 0.378 e. The van der Waals surface area contributed by atoms with Crippen molar-refractivity contribution in [3.8, 4) is 11.4 Å². The van der Waals surface area contributed by atoms with Crippen molar-refractivity contribution in [2.75, 3.05) is 26.1 Å². The summed E-state index contributed by atoms with van der Waals surface area (Å²) in [4.78, 5) is 39.2. The van der Waals surface area contributed by atoms with Crippen molar-refractivity contribution in [3.63, 3.8) is 0 Å². The van der Waals surface area contributed by atoms with E-state index in [1.807, 2.05) is 49.3 Å². The molecule has 3 aromatic carbocycles. The minimum Gasteiger partial charge on any atom is -0.378 e. The molecule has 1 heterocycles. The van der Waals surface area contributed by atoms with Gasteiger partial charge in [-0.1, -0.05) is 6.07 Å². The molecule has 0 atom stereocenters. The quantitative estimate of drug-likeness (QED) is 0.350. The molecule has 1 aromatic heterocycles. The maximum Gasteiger partial charge on any atom is 0.316 e. The Labute approximate surface area is 179 Å². The van der Waals surface area contributed by atoms with Crippen molar-refractivity contribution in [1.29, 1.82) is 0 Å². The molecule has 0 saturated heterocycles. The average molecular weight is 415 g/mol. The van der Waals surface area contributed by atoms with Gasteiger partial charge in [-0.25, -0.2) is 9.82 Å². The smallest absolute Gasteiger partial charge is 0.316 e. The van der Waals surface area contributed by atoms with Crippen molar-refractivity contribution in [2.24, 2.45) is 0 Å². The molecule has 0 aliphatic heterocycles. The third-order valence-electron chi connectivity index (χ3n) is 5.13. The molecule has 0 aliphatic rings. The third kappa shape index (κ3) is 4.30. The number of imidazole rings is 1. The first kappa shape index (κ1) is 20.3. The lowest BCUT2D eigenvalue weighted by Crippen LogP contribution is -2.07. The van der Waals surface area contributed by atoms with Crippen LogP contribution in [0.25, 0.3) is 22.4 Å². The summed E-state index contributed by atoms with van der Waals surface area (Å²) < 4.78 is 0. The fraction of sp³-hybridized carbons (Fsp3) is 0.167. The highest BCUT2D eigenvalue weighted by Crippen LogP contribution is 2.24. The van der Waals surface area contributed by atoms with E-state index in [0.29, 0.717) is 16.2 Å². The van der Waals surface area contributed by atoms with Crippen LogP contribution in [0.5, 0.6) is 0 Å². The molecular weight excluding hydrogens is 392 g/mol. The Morgan fingerprint density at radius 2 is 1.74 bits per heavy atom. The lowest BCUT2D eigenvalue weighted by Gasteiger charge is -2.11. The highest BCUT2D eigenvalue weighted by Gasteiger charge is 2.16. The molecule has 0 radical (unpaired) electrons. The molecule has 1 N–H and O–H groups in total. The van der Waals surface area contributed by atoms with Crippen LogP contribution in [0.1, 0.15) is 15.9 Å². The molecule has 0 amide bonds. The van der Waals surface area contributed by atoms with Crippen LogP contribution in [0.15, 0.2) is 66.7 Å². The maximum absolute atomic E-state index is 12.7. The van der Waals surface area contributed by atoms with Gasteiger partial charge >= 0.3 is 5.69 Å². The Kier molecular flexibility index (Phi) is 5.49. The van der Waals surface area contributed by atoms with Crippen LogP contribution in [-0.4, -0.2) is 41.9 Å². The molecule has 0 spiro atoms. The van der Waals surface area contributed by atoms with E-state index in [1.165, 1.54) is 7.11 Å². The Balaban J connectivity index is 1.52. The van der Waals surface area contributed by atoms with Crippen LogP contribution in [0, 0.1) is 4.91 Å². The van der Waals surface area contributed by atoms with E-state index >= 15 is 0 Å². The first-order valence-corrected chi connectivity index (χ1v) is 9.85. The SMILES string of the molecule is CO[N+](=O)c1ccc(C(=O)Cc2ccc3nc(-c4ccc(N(C)C)cc4)[nH]c3c2)cc1. The van der Waals surface area contributed by atoms with Crippen LogP contribution in [0.2, 0.25) is 0 Å². The summed E-state index contributed by atoms with van der Waals surface area (Å²) in [5.41, 5.74) is 5.63. The maximum atomic E-state index is 12.7. The molecular formula is C24H23N4O3+. The molecule has 0 aliphatic carbocycles. The van der Waals surface area contributed by atoms with E-state index < -0.39 is 0 Å². The number of aromatic nitrogens is 2. The summed E-state index contributed by atoms with van der Waals surface area (Å²) in [7, 11) is 5.30. The molecule has 7 nitrogen and oxygen atoms in total. The van der Waals surface area contributed by atoms with E-state index in [9.17, 15) is 9.70 Å². The monoisotopic (exact) mass is 415 g/mol. The number of hydrogen-bond donors (Lipinski definition) is 1. The summed E-state index contributed by atoms with van der Waals surface area (Å²) >= 11 is 0. The minimum atomic E-state index is -0.0280. The highest BCUT2D eigenvalue weighted by atomic mass is 16.8. The van der Waals surface area contributed by atoms with E-state index in [0.717, 1.165) is 33.7 Å². The number of hydrogen-bond acceptors (Lipinski definition) is 5. The predicted molar refractivity (Wildman–Crippen MR) is 121 cm³/mol. The molecule has 7 heteroatoms. The Bertz CT molecular complexity index is 1240. The average Bonchev–Trinajstić information content (AvgIpc) is 3.22. The van der Waals surface area contributed by atoms with Gasteiger partial charge in [-0.05, 0) is 54.1 Å². The van der Waals surface area contributed by atoms with Gasteiger partial charge in [0.2, 0.25) is 0 Å². The van der Waals surface area contributed by atoms with Crippen molar-refractivity contribution >= 4 is 28.2 Å². The lowest BCUT2D eigenvalue weighted by molar-refractivity contribution is -0.736. The number of benzene rings is 3. The fourth-order valence-corrected chi connectivity index (χ4v) is 3.38. The van der Waals surface area contributed by atoms with Gasteiger partial charge in [-0.2, -0.15) is 0 Å². The van der Waals surface area contributed by atoms with Gasteiger partial charge in [0.25, 0.3) is 4.92 Å². The van der Waals surface area contributed by atoms with Gasteiger partial charge in [0.05, 0.1) is 15.9 Å². The van der Waals surface area contributed by atoms with Crippen LogP contribution < -0.4 is 4.90 Å². The summed E-state index contributed by atoms with van der Waals surface area (Å²) in [6, 6.07) is 20.4. The van der Waals surface area contributed by atoms with Crippen LogP contribution in [0.4, 0.5) is 11.4 Å². The molecule has 0 fully saturated rings. The fourth-order valence-electron chi connectivity index (χ4n) is 3.38. The van der Waals surface area contributed by atoms with E-state index in [-0.39, 0.29) is 12.2 Å². The van der Waals surface area contributed by atoms with E-state index in [4.69, 9.17) is 0 Å². The Morgan fingerprint density at radius 3 is 2.39 bits per heavy atom. The number of fused-ring (bicyclic) bond motifs is 1.